The number of likely N-dealkylation sites (tertiary alicyclic amines) is 1. The molecule has 3 aromatic heterocycles. The van der Waals surface area contributed by atoms with Gasteiger partial charge in [0, 0.05) is 52.2 Å². The first kappa shape index (κ1) is 18.8. The highest BCUT2D eigenvalue weighted by molar-refractivity contribution is 6.06. The van der Waals surface area contributed by atoms with Crippen molar-refractivity contribution in [3.8, 4) is 0 Å². The van der Waals surface area contributed by atoms with E-state index in [0.717, 1.165) is 40.3 Å². The maximum atomic E-state index is 12.8. The largest absolute Gasteiger partial charge is 0.357 e. The topological polar surface area (TPSA) is 73.9 Å². The van der Waals surface area contributed by atoms with Gasteiger partial charge in [-0.15, -0.1) is 0 Å². The lowest BCUT2D eigenvalue weighted by Gasteiger charge is -2.31. The number of carbonyl (C=O) groups is 1. The van der Waals surface area contributed by atoms with Crippen LogP contribution in [-0.2, 0) is 0 Å². The molecule has 2 N–H and O–H groups in total. The molecule has 1 atom stereocenters. The number of anilines is 1. The van der Waals surface area contributed by atoms with Crippen LogP contribution in [0, 0.1) is 6.92 Å². The summed E-state index contributed by atoms with van der Waals surface area (Å²) in [4.78, 5) is 27.5. The third-order valence-corrected chi connectivity index (χ3v) is 6.12. The van der Waals surface area contributed by atoms with Gasteiger partial charge in [0.25, 0.3) is 5.91 Å². The summed E-state index contributed by atoms with van der Waals surface area (Å²) < 4.78 is 0. The Bertz CT molecular complexity index is 1250. The van der Waals surface area contributed by atoms with Gasteiger partial charge in [0.1, 0.15) is 5.82 Å². The predicted octanol–water partition coefficient (Wildman–Crippen LogP) is 4.83. The lowest BCUT2D eigenvalue weighted by molar-refractivity contribution is 0.102. The second kappa shape index (κ2) is 7.54. The Labute approximate surface area is 175 Å². The van der Waals surface area contributed by atoms with Gasteiger partial charge in [0.15, 0.2) is 0 Å². The van der Waals surface area contributed by atoms with Gasteiger partial charge in [-0.05, 0) is 63.0 Å². The first-order valence-electron chi connectivity index (χ1n) is 10.4. The number of rotatable bonds is 3. The number of carbonyl (C=O) groups excluding carboxylic acids is 1. The first-order chi connectivity index (χ1) is 14.6. The van der Waals surface area contributed by atoms with E-state index >= 15 is 0 Å². The van der Waals surface area contributed by atoms with Crippen LogP contribution in [0.2, 0.25) is 0 Å². The highest BCUT2D eigenvalue weighted by Gasteiger charge is 2.22. The van der Waals surface area contributed by atoms with Crippen molar-refractivity contribution in [1.29, 1.82) is 0 Å². The molecule has 1 fully saturated rings. The Morgan fingerprint density at radius 2 is 2.03 bits per heavy atom. The molecule has 1 aliphatic rings. The minimum atomic E-state index is -0.169. The summed E-state index contributed by atoms with van der Waals surface area (Å²) in [7, 11) is 2.18. The second-order valence-electron chi connectivity index (χ2n) is 8.16. The molecule has 0 unspecified atom stereocenters. The molecular weight excluding hydrogens is 374 g/mol. The number of nitrogens with zero attached hydrogens (tertiary/aromatic N) is 3. The molecule has 1 aliphatic heterocycles. The van der Waals surface area contributed by atoms with Crippen LogP contribution >= 0.6 is 0 Å². The number of piperidine rings is 1. The van der Waals surface area contributed by atoms with Crippen LogP contribution < -0.4 is 5.32 Å². The maximum Gasteiger partial charge on any atom is 0.256 e. The highest BCUT2D eigenvalue weighted by atomic mass is 16.1. The predicted molar refractivity (Wildman–Crippen MR) is 120 cm³/mol. The molecule has 0 aliphatic carbocycles. The third kappa shape index (κ3) is 3.44. The van der Waals surface area contributed by atoms with Crippen LogP contribution in [0.5, 0.6) is 0 Å². The van der Waals surface area contributed by atoms with Crippen molar-refractivity contribution in [3.05, 3.63) is 65.7 Å². The molecule has 0 bridgehead atoms. The molecule has 6 heteroatoms. The summed E-state index contributed by atoms with van der Waals surface area (Å²) >= 11 is 0. The number of aromatic nitrogens is 3. The van der Waals surface area contributed by atoms with E-state index in [1.165, 1.54) is 18.5 Å². The molecule has 0 spiro atoms. The summed E-state index contributed by atoms with van der Waals surface area (Å²) in [5, 5.41) is 6.06. The molecule has 1 saturated heterocycles. The molecule has 0 radical (unpaired) electrons. The summed E-state index contributed by atoms with van der Waals surface area (Å²) in [5.74, 6) is 0.376. The molecule has 30 heavy (non-hydrogen) atoms. The van der Waals surface area contributed by atoms with Crippen molar-refractivity contribution in [2.75, 3.05) is 18.9 Å². The molecule has 1 amide bonds. The van der Waals surface area contributed by atoms with E-state index in [1.54, 1.807) is 6.20 Å². The van der Waals surface area contributed by atoms with Crippen molar-refractivity contribution < 1.29 is 4.79 Å². The number of amides is 1. The number of hydrogen-bond acceptors (Lipinski definition) is 4. The van der Waals surface area contributed by atoms with Gasteiger partial charge >= 0.3 is 0 Å². The zero-order chi connectivity index (χ0) is 20.7. The van der Waals surface area contributed by atoms with Crippen LogP contribution in [0.3, 0.4) is 0 Å². The summed E-state index contributed by atoms with van der Waals surface area (Å²) in [6.45, 7) is 3.10. The molecular formula is C24H25N5O. The van der Waals surface area contributed by atoms with Crippen molar-refractivity contribution in [2.24, 2.45) is 0 Å². The number of pyridine rings is 2. The number of aromatic amines is 1. The Balaban J connectivity index is 1.39. The van der Waals surface area contributed by atoms with E-state index in [0.29, 0.717) is 17.4 Å². The Hall–Kier alpha value is -3.25. The van der Waals surface area contributed by atoms with Crippen LogP contribution in [0.4, 0.5) is 5.82 Å². The van der Waals surface area contributed by atoms with Gasteiger partial charge in [0.2, 0.25) is 0 Å². The lowest BCUT2D eigenvalue weighted by atomic mass is 10.0. The van der Waals surface area contributed by atoms with Crippen molar-refractivity contribution >= 4 is 33.4 Å². The zero-order valence-electron chi connectivity index (χ0n) is 17.3. The standard InChI is InChI=1S/C24H25N5O/c1-15-19-7-6-17(11-16(19)8-9-25-15)24(30)28-23-13-20-18(14-26-23)12-21(27-20)22-5-3-4-10-29(22)2/h6-9,11-14,22,27H,3-5,10H2,1-2H3,(H,26,28,30)/t22-/m1/s1. The van der Waals surface area contributed by atoms with E-state index in [1.807, 2.05) is 43.5 Å². The number of aryl methyl sites for hydroxylation is 1. The Kier molecular flexibility index (Phi) is 4.71. The van der Waals surface area contributed by atoms with E-state index in [-0.39, 0.29) is 5.91 Å². The number of fused-ring (bicyclic) bond motifs is 2. The van der Waals surface area contributed by atoms with Crippen molar-refractivity contribution in [2.45, 2.75) is 32.2 Å². The number of nitrogens with one attached hydrogen (secondary N) is 2. The summed E-state index contributed by atoms with van der Waals surface area (Å²) in [5.41, 5.74) is 3.77. The quantitative estimate of drug-likeness (QED) is 0.518. The van der Waals surface area contributed by atoms with E-state index in [9.17, 15) is 4.79 Å². The van der Waals surface area contributed by atoms with Crippen LogP contribution in [-0.4, -0.2) is 39.4 Å². The average Bonchev–Trinajstić information content (AvgIpc) is 3.17. The van der Waals surface area contributed by atoms with Gasteiger partial charge in [-0.3, -0.25) is 14.7 Å². The van der Waals surface area contributed by atoms with Gasteiger partial charge in [-0.25, -0.2) is 4.98 Å². The van der Waals surface area contributed by atoms with Crippen molar-refractivity contribution in [3.63, 3.8) is 0 Å². The summed E-state index contributed by atoms with van der Waals surface area (Å²) in [6.07, 6.45) is 7.27. The minimum absolute atomic E-state index is 0.169. The Morgan fingerprint density at radius 3 is 2.90 bits per heavy atom. The van der Waals surface area contributed by atoms with Crippen LogP contribution in [0.25, 0.3) is 21.7 Å². The van der Waals surface area contributed by atoms with Gasteiger partial charge in [-0.1, -0.05) is 12.5 Å². The molecule has 4 heterocycles. The molecule has 5 rings (SSSR count). The van der Waals surface area contributed by atoms with Gasteiger partial charge in [-0.2, -0.15) is 0 Å². The molecule has 0 saturated carbocycles. The third-order valence-electron chi connectivity index (χ3n) is 6.12. The smallest absolute Gasteiger partial charge is 0.256 e. The normalized spacial score (nSPS) is 17.5. The van der Waals surface area contributed by atoms with Crippen LogP contribution in [0.1, 0.15) is 47.1 Å². The molecule has 152 valence electrons. The maximum absolute atomic E-state index is 12.8. The fourth-order valence-corrected chi connectivity index (χ4v) is 4.42. The molecule has 6 nitrogen and oxygen atoms in total. The molecule has 4 aromatic rings. The minimum Gasteiger partial charge on any atom is -0.357 e. The van der Waals surface area contributed by atoms with Crippen LogP contribution in [0.15, 0.2) is 48.8 Å². The van der Waals surface area contributed by atoms with Gasteiger partial charge < -0.3 is 10.3 Å². The monoisotopic (exact) mass is 399 g/mol. The number of H-pyrrole nitrogens is 1. The fraction of sp³-hybridized carbons (Fsp3) is 0.292. The second-order valence-corrected chi connectivity index (χ2v) is 8.16. The van der Waals surface area contributed by atoms with Gasteiger partial charge in [0.05, 0.1) is 5.52 Å². The van der Waals surface area contributed by atoms with Crippen molar-refractivity contribution in [1.82, 2.24) is 19.9 Å². The number of benzene rings is 1. The highest BCUT2D eigenvalue weighted by Crippen LogP contribution is 2.31. The fourth-order valence-electron chi connectivity index (χ4n) is 4.42. The number of hydrogen-bond donors (Lipinski definition) is 2. The summed E-state index contributed by atoms with van der Waals surface area (Å²) in [6, 6.07) is 12.1. The SMILES string of the molecule is Cc1nccc2cc(C(=O)Nc3cc4[nH]c([C@H]5CCCCN5C)cc4cn3)ccc12. The Morgan fingerprint density at radius 1 is 1.13 bits per heavy atom. The first-order valence-corrected chi connectivity index (χ1v) is 10.4. The average molecular weight is 399 g/mol. The molecule has 1 aromatic carbocycles. The van der Waals surface area contributed by atoms with E-state index in [4.69, 9.17) is 0 Å². The zero-order valence-corrected chi connectivity index (χ0v) is 17.3. The van der Waals surface area contributed by atoms with E-state index in [2.05, 4.69) is 38.3 Å². The van der Waals surface area contributed by atoms with E-state index < -0.39 is 0 Å². The lowest BCUT2D eigenvalue weighted by Crippen LogP contribution is -2.29.